The summed E-state index contributed by atoms with van der Waals surface area (Å²) in [5.41, 5.74) is 0.347. The normalized spacial score (nSPS) is 17.0. The maximum atomic E-state index is 12.5. The van der Waals surface area contributed by atoms with Crippen molar-refractivity contribution in [1.82, 2.24) is 4.90 Å². The van der Waals surface area contributed by atoms with Crippen LogP contribution < -0.4 is 4.90 Å². The molecule has 0 N–H and O–H groups in total. The first-order valence-corrected chi connectivity index (χ1v) is 9.83. The third kappa shape index (κ3) is 4.25. The number of hydrogen-bond acceptors (Lipinski definition) is 4. The average Bonchev–Trinajstić information content (AvgIpc) is 2.70. The first-order chi connectivity index (χ1) is 10.6. The summed E-state index contributed by atoms with van der Waals surface area (Å²) in [5.74, 6) is 0.149. The van der Waals surface area contributed by atoms with Crippen molar-refractivity contribution in [3.63, 3.8) is 0 Å². The van der Waals surface area contributed by atoms with Crippen LogP contribution in [0.5, 0.6) is 0 Å². The van der Waals surface area contributed by atoms with Crippen LogP contribution in [0.1, 0.15) is 27.2 Å². The molecule has 0 atom stereocenters. The summed E-state index contributed by atoms with van der Waals surface area (Å²) in [4.78, 5) is 16.8. The summed E-state index contributed by atoms with van der Waals surface area (Å²) >= 11 is 0. The van der Waals surface area contributed by atoms with Crippen LogP contribution in [0.15, 0.2) is 29.2 Å². The Morgan fingerprint density at radius 1 is 1.04 bits per heavy atom. The van der Waals surface area contributed by atoms with E-state index in [1.807, 2.05) is 37.8 Å². The van der Waals surface area contributed by atoms with Crippen molar-refractivity contribution in [1.29, 1.82) is 0 Å². The molecule has 23 heavy (non-hydrogen) atoms. The Morgan fingerprint density at radius 2 is 1.70 bits per heavy atom. The van der Waals surface area contributed by atoms with Gasteiger partial charge in [-0.15, -0.1) is 0 Å². The van der Waals surface area contributed by atoms with Gasteiger partial charge in [0.2, 0.25) is 5.91 Å². The number of anilines is 1. The lowest BCUT2D eigenvalue weighted by Gasteiger charge is -2.29. The van der Waals surface area contributed by atoms with E-state index in [9.17, 15) is 13.2 Å². The molecule has 128 valence electrons. The molecule has 0 radical (unpaired) electrons. The van der Waals surface area contributed by atoms with Gasteiger partial charge in [0.25, 0.3) is 0 Å². The van der Waals surface area contributed by atoms with Gasteiger partial charge in [0.05, 0.1) is 10.6 Å². The largest absolute Gasteiger partial charge is 0.369 e. The topological polar surface area (TPSA) is 57.7 Å². The fourth-order valence-corrected chi connectivity index (χ4v) is 3.77. The monoisotopic (exact) mass is 338 g/mol. The Morgan fingerprint density at radius 3 is 2.30 bits per heavy atom. The van der Waals surface area contributed by atoms with Gasteiger partial charge in [0, 0.05) is 37.8 Å². The Kier molecular flexibility index (Phi) is 5.04. The maximum Gasteiger partial charge on any atom is 0.228 e. The lowest BCUT2D eigenvalue weighted by Crippen LogP contribution is -2.41. The lowest BCUT2D eigenvalue weighted by atomic mass is 9.94. The van der Waals surface area contributed by atoms with Crippen molar-refractivity contribution < 1.29 is 13.2 Å². The zero-order chi connectivity index (χ0) is 17.3. The van der Waals surface area contributed by atoms with Crippen LogP contribution in [0.25, 0.3) is 0 Å². The highest BCUT2D eigenvalue weighted by atomic mass is 32.2. The summed E-state index contributed by atoms with van der Waals surface area (Å²) in [5, 5.41) is 0. The van der Waals surface area contributed by atoms with Gasteiger partial charge in [0.15, 0.2) is 9.84 Å². The number of carbonyl (C=O) groups excluding carboxylic acids is 1. The summed E-state index contributed by atoms with van der Waals surface area (Å²) in [7, 11) is -3.27. The van der Waals surface area contributed by atoms with Gasteiger partial charge in [-0.2, -0.15) is 0 Å². The van der Waals surface area contributed by atoms with E-state index in [-0.39, 0.29) is 11.3 Å². The summed E-state index contributed by atoms with van der Waals surface area (Å²) in [6.45, 7) is 8.52. The third-order valence-corrected chi connectivity index (χ3v) is 5.17. The van der Waals surface area contributed by atoms with E-state index in [4.69, 9.17) is 0 Å². The molecule has 1 aliphatic heterocycles. The number of nitrogens with zero attached hydrogens (tertiary/aromatic N) is 2. The van der Waals surface area contributed by atoms with Crippen LogP contribution in [0.3, 0.4) is 0 Å². The van der Waals surface area contributed by atoms with Crippen molar-refractivity contribution >= 4 is 21.4 Å². The SMILES string of the molecule is CC(C)(C)C(=O)N1CCCN(c2ccccc2S(C)(=O)=O)CC1. The summed E-state index contributed by atoms with van der Waals surface area (Å²) in [6.07, 6.45) is 2.07. The summed E-state index contributed by atoms with van der Waals surface area (Å²) in [6, 6.07) is 7.09. The van der Waals surface area contributed by atoms with Crippen LogP contribution in [-0.2, 0) is 14.6 Å². The molecule has 6 heteroatoms. The summed E-state index contributed by atoms with van der Waals surface area (Å²) < 4.78 is 24.0. The highest BCUT2D eigenvalue weighted by molar-refractivity contribution is 7.90. The lowest BCUT2D eigenvalue weighted by molar-refractivity contribution is -0.139. The fraction of sp³-hybridized carbons (Fsp3) is 0.588. The van der Waals surface area contributed by atoms with Gasteiger partial charge in [-0.05, 0) is 18.6 Å². The van der Waals surface area contributed by atoms with Crippen molar-refractivity contribution in [2.24, 2.45) is 5.41 Å². The number of sulfone groups is 1. The minimum absolute atomic E-state index is 0.149. The molecular formula is C17H26N2O3S. The van der Waals surface area contributed by atoms with E-state index < -0.39 is 9.84 Å². The number of para-hydroxylation sites is 1. The second-order valence-corrected chi connectivity index (χ2v) is 9.11. The zero-order valence-electron chi connectivity index (χ0n) is 14.4. The first-order valence-electron chi connectivity index (χ1n) is 7.94. The molecule has 1 amide bonds. The third-order valence-electron chi connectivity index (χ3n) is 4.03. The minimum Gasteiger partial charge on any atom is -0.369 e. The van der Waals surface area contributed by atoms with Crippen LogP contribution in [0.4, 0.5) is 5.69 Å². The van der Waals surface area contributed by atoms with Gasteiger partial charge < -0.3 is 9.80 Å². The molecule has 0 spiro atoms. The number of carbonyl (C=O) groups is 1. The highest BCUT2D eigenvalue weighted by Crippen LogP contribution is 2.26. The predicted molar refractivity (Wildman–Crippen MR) is 92.4 cm³/mol. The molecule has 0 unspecified atom stereocenters. The number of benzene rings is 1. The number of amides is 1. The van der Waals surface area contributed by atoms with Crippen molar-refractivity contribution in [3.8, 4) is 0 Å². The Bertz CT molecular complexity index is 677. The zero-order valence-corrected chi connectivity index (χ0v) is 15.2. The Balaban J connectivity index is 2.21. The average molecular weight is 338 g/mol. The van der Waals surface area contributed by atoms with E-state index in [1.165, 1.54) is 6.26 Å². The number of hydrogen-bond donors (Lipinski definition) is 0. The minimum atomic E-state index is -3.27. The fourth-order valence-electron chi connectivity index (χ4n) is 2.87. The molecule has 0 saturated carbocycles. The highest BCUT2D eigenvalue weighted by Gasteiger charge is 2.29. The molecule has 1 aliphatic rings. The second kappa shape index (κ2) is 6.51. The van der Waals surface area contributed by atoms with E-state index in [0.717, 1.165) is 18.7 Å². The van der Waals surface area contributed by atoms with Gasteiger partial charge in [-0.3, -0.25) is 4.79 Å². The second-order valence-electron chi connectivity index (χ2n) is 7.12. The molecule has 0 aliphatic carbocycles. The van der Waals surface area contributed by atoms with E-state index in [2.05, 4.69) is 4.90 Å². The molecule has 0 aromatic heterocycles. The van der Waals surface area contributed by atoms with Gasteiger partial charge in [-0.1, -0.05) is 32.9 Å². The van der Waals surface area contributed by atoms with Crippen LogP contribution in [-0.4, -0.2) is 51.7 Å². The maximum absolute atomic E-state index is 12.5. The smallest absolute Gasteiger partial charge is 0.228 e. The number of rotatable bonds is 2. The molecular weight excluding hydrogens is 312 g/mol. The standard InChI is InChI=1S/C17H26N2O3S/c1-17(2,3)16(20)19-11-7-10-18(12-13-19)14-8-5-6-9-15(14)23(4,21)22/h5-6,8-9H,7,10-13H2,1-4H3. The molecule has 1 saturated heterocycles. The molecule has 0 bridgehead atoms. The van der Waals surface area contributed by atoms with Crippen molar-refractivity contribution in [2.45, 2.75) is 32.1 Å². The van der Waals surface area contributed by atoms with E-state index in [0.29, 0.717) is 24.5 Å². The Labute approximate surface area is 139 Å². The van der Waals surface area contributed by atoms with Gasteiger partial charge >= 0.3 is 0 Å². The molecule has 1 aromatic carbocycles. The Hall–Kier alpha value is -1.56. The van der Waals surface area contributed by atoms with Crippen molar-refractivity contribution in [2.75, 3.05) is 37.3 Å². The van der Waals surface area contributed by atoms with E-state index >= 15 is 0 Å². The quantitative estimate of drug-likeness (QED) is 0.829. The van der Waals surface area contributed by atoms with Crippen LogP contribution in [0.2, 0.25) is 0 Å². The first kappa shape index (κ1) is 17.8. The molecule has 2 rings (SSSR count). The van der Waals surface area contributed by atoms with Crippen LogP contribution >= 0.6 is 0 Å². The molecule has 1 fully saturated rings. The van der Waals surface area contributed by atoms with Gasteiger partial charge in [-0.25, -0.2) is 8.42 Å². The van der Waals surface area contributed by atoms with Gasteiger partial charge in [0.1, 0.15) is 0 Å². The molecule has 1 aromatic rings. The van der Waals surface area contributed by atoms with Crippen molar-refractivity contribution in [3.05, 3.63) is 24.3 Å². The molecule has 1 heterocycles. The van der Waals surface area contributed by atoms with Crippen LogP contribution in [0, 0.1) is 5.41 Å². The van der Waals surface area contributed by atoms with E-state index in [1.54, 1.807) is 12.1 Å². The molecule has 5 nitrogen and oxygen atoms in total. The predicted octanol–water partition coefficient (Wildman–Crippen LogP) is 2.17.